The van der Waals surface area contributed by atoms with Crippen LogP contribution in [-0.4, -0.2) is 57.9 Å². The van der Waals surface area contributed by atoms with Crippen LogP contribution < -0.4 is 5.32 Å². The Morgan fingerprint density at radius 1 is 1.28 bits per heavy atom. The Morgan fingerprint density at radius 3 is 2.90 bits per heavy atom. The van der Waals surface area contributed by atoms with E-state index in [1.807, 2.05) is 0 Å². The average Bonchev–Trinajstić information content (AvgIpc) is 3.69. The molecule has 2 atom stereocenters. The van der Waals surface area contributed by atoms with Crippen molar-refractivity contribution in [3.63, 3.8) is 0 Å². The lowest BCUT2D eigenvalue weighted by Crippen LogP contribution is -2.39. The molecule has 0 bridgehead atoms. The zero-order valence-electron chi connectivity index (χ0n) is 22.2. The zero-order valence-corrected chi connectivity index (χ0v) is 21.0. The molecule has 0 spiro atoms. The number of hydrogen-bond acceptors (Lipinski definition) is 7. The maximum Gasteiger partial charge on any atom is 0.247 e. The molecule has 2 aliphatic rings. The number of tetrazole rings is 1. The summed E-state index contributed by atoms with van der Waals surface area (Å²) in [6.45, 7) is 1.19. The fourth-order valence-electron chi connectivity index (χ4n) is 5.10. The molecular weight excluding hydrogens is 532 g/mol. The number of pyridine rings is 1. The number of fused-ring (bicyclic) bond motifs is 1. The van der Waals surface area contributed by atoms with Crippen LogP contribution in [-0.2, 0) is 9.59 Å². The molecule has 11 nitrogen and oxygen atoms in total. The van der Waals surface area contributed by atoms with E-state index in [1.54, 1.807) is 11.0 Å². The summed E-state index contributed by atoms with van der Waals surface area (Å²) in [5.41, 5.74) is 0.762. The highest BCUT2D eigenvalue weighted by Gasteiger charge is 2.42. The van der Waals surface area contributed by atoms with Crippen molar-refractivity contribution in [1.29, 1.82) is 0 Å². The van der Waals surface area contributed by atoms with Gasteiger partial charge in [-0.25, -0.2) is 14.4 Å². The monoisotopic (exact) mass is 553 g/mol. The number of anilines is 1. The van der Waals surface area contributed by atoms with Gasteiger partial charge < -0.3 is 15.2 Å². The van der Waals surface area contributed by atoms with E-state index < -0.39 is 35.8 Å². The van der Waals surface area contributed by atoms with Crippen LogP contribution in [0.5, 0.6) is 0 Å². The van der Waals surface area contributed by atoms with Gasteiger partial charge in [-0.2, -0.15) is 9.07 Å². The van der Waals surface area contributed by atoms with Gasteiger partial charge in [-0.15, -0.1) is 5.10 Å². The van der Waals surface area contributed by atoms with Gasteiger partial charge >= 0.3 is 0 Å². The molecular formula is C25H20ClF2N9O2. The molecule has 2 amide bonds. The number of nitrogens with zero attached hydrogens (tertiary/aromatic N) is 7. The number of nitrogens with one attached hydrogen (secondary N) is 2. The second-order valence-electron chi connectivity index (χ2n) is 9.12. The minimum atomic E-state index is -1.06. The van der Waals surface area contributed by atoms with E-state index in [4.69, 9.17) is 14.3 Å². The zero-order chi connectivity index (χ0) is 29.0. The Kier molecular flexibility index (Phi) is 5.56. The first kappa shape index (κ1) is 22.5. The van der Waals surface area contributed by atoms with Gasteiger partial charge in [-0.1, -0.05) is 11.6 Å². The van der Waals surface area contributed by atoms with E-state index in [-0.39, 0.29) is 39.6 Å². The van der Waals surface area contributed by atoms with E-state index in [2.05, 4.69) is 35.8 Å². The number of amides is 2. The van der Waals surface area contributed by atoms with Gasteiger partial charge in [-0.3, -0.25) is 9.59 Å². The summed E-state index contributed by atoms with van der Waals surface area (Å²) in [6.07, 6.45) is 5.45. The summed E-state index contributed by atoms with van der Waals surface area (Å²) in [6, 6.07) is 1.28. The standard InChI is InChI=1S/C25H20ClF2N9O2/c1-12(38)31-20-7-3-15(24(28)33-20)17-10-29-25(32-17)19-5-2-14-8-13(9-21(39)37(14)19)22-18(36-11-30-34-35-36)6-4-16(26)23(22)27/h3-4,6-7,9-11,14,19H,2,5,8H2,1H3,(H,29,32)(H,31,33,38)/t14-,19+/m1/s1/i3D,7D. The van der Waals surface area contributed by atoms with Gasteiger partial charge in [0.15, 0.2) is 5.82 Å². The molecule has 39 heavy (non-hydrogen) atoms. The molecule has 1 fully saturated rings. The molecule has 0 aliphatic carbocycles. The molecule has 14 heteroatoms. The summed E-state index contributed by atoms with van der Waals surface area (Å²) < 4.78 is 47.9. The molecule has 0 unspecified atom stereocenters. The quantitative estimate of drug-likeness (QED) is 0.358. The maximum atomic E-state index is 15.3. The lowest BCUT2D eigenvalue weighted by Gasteiger charge is -2.33. The van der Waals surface area contributed by atoms with Crippen LogP contribution in [0.25, 0.3) is 22.5 Å². The number of H-pyrrole nitrogens is 1. The Bertz CT molecular complexity index is 1750. The molecule has 0 radical (unpaired) electrons. The van der Waals surface area contributed by atoms with Crippen LogP contribution in [0.1, 0.15) is 46.4 Å². The summed E-state index contributed by atoms with van der Waals surface area (Å²) in [5.74, 6) is -2.64. The summed E-state index contributed by atoms with van der Waals surface area (Å²) in [4.78, 5) is 37.4. The first-order valence-electron chi connectivity index (χ1n) is 12.9. The number of aromatic amines is 1. The topological polar surface area (TPSA) is 135 Å². The number of hydrogen-bond donors (Lipinski definition) is 2. The summed E-state index contributed by atoms with van der Waals surface area (Å²) in [5, 5.41) is 13.2. The SMILES string of the molecule is [2H]c1c(NC(C)=O)nc(F)c(-c2cnc([C@@H]3CC[C@@H]4CC(c5c(-n6cnnn6)ccc(Cl)c5F)=CC(=O)N43)[nH]2)c1[2H]. The van der Waals surface area contributed by atoms with Crippen molar-refractivity contribution in [2.24, 2.45) is 0 Å². The number of carbonyl (C=O) groups is 2. The highest BCUT2D eigenvalue weighted by Crippen LogP contribution is 2.44. The third kappa shape index (κ3) is 4.44. The molecule has 2 aliphatic heterocycles. The Labute approximate surface area is 227 Å². The molecule has 1 aromatic carbocycles. The van der Waals surface area contributed by atoms with E-state index in [0.717, 1.165) is 0 Å². The Morgan fingerprint density at radius 2 is 2.13 bits per heavy atom. The average molecular weight is 554 g/mol. The lowest BCUT2D eigenvalue weighted by atomic mass is 9.92. The molecule has 0 saturated carbocycles. The van der Waals surface area contributed by atoms with Gasteiger partial charge in [0.05, 0.1) is 36.9 Å². The fourth-order valence-corrected chi connectivity index (χ4v) is 5.25. The van der Waals surface area contributed by atoms with Crippen LogP contribution in [0.3, 0.4) is 0 Å². The third-order valence-corrected chi connectivity index (χ3v) is 6.99. The molecule has 198 valence electrons. The molecule has 5 heterocycles. The van der Waals surface area contributed by atoms with Crippen molar-refractivity contribution in [3.8, 4) is 16.9 Å². The van der Waals surface area contributed by atoms with E-state index in [9.17, 15) is 14.0 Å². The van der Waals surface area contributed by atoms with Gasteiger partial charge in [0.2, 0.25) is 17.8 Å². The highest BCUT2D eigenvalue weighted by molar-refractivity contribution is 6.31. The van der Waals surface area contributed by atoms with E-state index >= 15 is 4.39 Å². The van der Waals surface area contributed by atoms with Gasteiger partial charge in [-0.05, 0) is 59.5 Å². The van der Waals surface area contributed by atoms with E-state index in [0.29, 0.717) is 36.3 Å². The molecule has 4 aromatic rings. The highest BCUT2D eigenvalue weighted by atomic mass is 35.5. The second-order valence-corrected chi connectivity index (χ2v) is 9.52. The number of halogens is 3. The number of rotatable bonds is 5. The third-order valence-electron chi connectivity index (χ3n) is 6.70. The lowest BCUT2D eigenvalue weighted by molar-refractivity contribution is -0.129. The second kappa shape index (κ2) is 9.66. The van der Waals surface area contributed by atoms with Crippen molar-refractivity contribution < 1.29 is 21.1 Å². The number of benzene rings is 1. The number of carbonyl (C=O) groups excluding carboxylic acids is 2. The van der Waals surface area contributed by atoms with Gasteiger partial charge in [0.25, 0.3) is 0 Å². The molecule has 1 saturated heterocycles. The fraction of sp³-hybridized carbons (Fsp3) is 0.240. The van der Waals surface area contributed by atoms with Gasteiger partial charge in [0, 0.05) is 24.6 Å². The van der Waals surface area contributed by atoms with Crippen molar-refractivity contribution in [2.75, 3.05) is 5.32 Å². The van der Waals surface area contributed by atoms with Crippen molar-refractivity contribution in [2.45, 2.75) is 38.3 Å². The molecule has 6 rings (SSSR count). The van der Waals surface area contributed by atoms with Gasteiger partial charge in [0.1, 0.15) is 18.0 Å². The molecule has 3 aromatic heterocycles. The first-order valence-corrected chi connectivity index (χ1v) is 12.3. The van der Waals surface area contributed by atoms with Crippen molar-refractivity contribution >= 4 is 34.8 Å². The predicted octanol–water partition coefficient (Wildman–Crippen LogP) is 3.86. The molecule has 2 N–H and O–H groups in total. The summed E-state index contributed by atoms with van der Waals surface area (Å²) >= 11 is 6.09. The minimum Gasteiger partial charge on any atom is -0.340 e. The maximum absolute atomic E-state index is 15.3. The largest absolute Gasteiger partial charge is 0.340 e. The van der Waals surface area contributed by atoms with E-state index in [1.165, 1.54) is 36.3 Å². The van der Waals surface area contributed by atoms with Crippen LogP contribution in [0.4, 0.5) is 14.6 Å². The predicted molar refractivity (Wildman–Crippen MR) is 135 cm³/mol. The minimum absolute atomic E-state index is 0.101. The van der Waals surface area contributed by atoms with Crippen LogP contribution >= 0.6 is 11.6 Å². The van der Waals surface area contributed by atoms with Crippen molar-refractivity contribution in [1.82, 2.24) is 40.1 Å². The normalized spacial score (nSPS) is 19.4. The van der Waals surface area contributed by atoms with Crippen LogP contribution in [0.2, 0.25) is 5.02 Å². The van der Waals surface area contributed by atoms with Crippen LogP contribution in [0.15, 0.2) is 42.8 Å². The first-order chi connectivity index (χ1) is 19.6. The Balaban J connectivity index is 1.32. The van der Waals surface area contributed by atoms with Crippen molar-refractivity contribution in [3.05, 3.63) is 71.0 Å². The number of imidazole rings is 1. The summed E-state index contributed by atoms with van der Waals surface area (Å²) in [7, 11) is 0. The van der Waals surface area contributed by atoms with Crippen LogP contribution in [0, 0.1) is 11.8 Å². The number of aromatic nitrogens is 7. The Hall–Kier alpha value is -4.52. The smallest absolute Gasteiger partial charge is 0.247 e.